The Kier molecular flexibility index (Phi) is 2.02. The summed E-state index contributed by atoms with van der Waals surface area (Å²) >= 11 is 3.13. The van der Waals surface area contributed by atoms with Crippen LogP contribution in [0.2, 0.25) is 0 Å². The van der Waals surface area contributed by atoms with Crippen molar-refractivity contribution in [3.8, 4) is 5.75 Å². The van der Waals surface area contributed by atoms with Gasteiger partial charge < -0.3 is 9.47 Å². The van der Waals surface area contributed by atoms with Gasteiger partial charge in [-0.05, 0) is 28.1 Å². The van der Waals surface area contributed by atoms with Crippen LogP contribution in [-0.2, 0) is 11.3 Å². The van der Waals surface area contributed by atoms with Crippen LogP contribution in [0.15, 0.2) is 16.6 Å². The van der Waals surface area contributed by atoms with Crippen molar-refractivity contribution >= 4 is 15.9 Å². The van der Waals surface area contributed by atoms with Gasteiger partial charge in [0.2, 0.25) is 0 Å². The van der Waals surface area contributed by atoms with Gasteiger partial charge in [-0.15, -0.1) is 0 Å². The molecular formula is C8H6BrFO2. The molecule has 0 spiro atoms. The quantitative estimate of drug-likeness (QED) is 0.685. The molecule has 1 heterocycles. The highest BCUT2D eigenvalue weighted by Gasteiger charge is 2.15. The first-order valence-electron chi connectivity index (χ1n) is 3.46. The lowest BCUT2D eigenvalue weighted by Gasteiger charge is -2.18. The third-order valence-corrected chi connectivity index (χ3v) is 2.55. The first-order chi connectivity index (χ1) is 5.79. The Labute approximate surface area is 77.4 Å². The molecule has 0 bridgehead atoms. The van der Waals surface area contributed by atoms with Crippen LogP contribution in [0.5, 0.6) is 5.75 Å². The Morgan fingerprint density at radius 2 is 2.25 bits per heavy atom. The van der Waals surface area contributed by atoms with Crippen LogP contribution in [0.1, 0.15) is 5.56 Å². The van der Waals surface area contributed by atoms with E-state index in [2.05, 4.69) is 15.9 Å². The molecule has 1 aromatic carbocycles. The molecule has 0 saturated heterocycles. The predicted molar refractivity (Wildman–Crippen MR) is 44.4 cm³/mol. The number of fused-ring (bicyclic) bond motifs is 1. The van der Waals surface area contributed by atoms with E-state index in [1.54, 1.807) is 6.07 Å². The molecule has 2 rings (SSSR count). The van der Waals surface area contributed by atoms with E-state index >= 15 is 0 Å². The van der Waals surface area contributed by atoms with Gasteiger partial charge >= 0.3 is 0 Å². The van der Waals surface area contributed by atoms with Gasteiger partial charge in [-0.3, -0.25) is 0 Å². The summed E-state index contributed by atoms with van der Waals surface area (Å²) in [7, 11) is 0. The van der Waals surface area contributed by atoms with E-state index in [9.17, 15) is 4.39 Å². The smallest absolute Gasteiger partial charge is 0.189 e. The lowest BCUT2D eigenvalue weighted by Crippen LogP contribution is -2.12. The van der Waals surface area contributed by atoms with Gasteiger partial charge in [0.25, 0.3) is 0 Å². The molecule has 0 aromatic heterocycles. The monoisotopic (exact) mass is 232 g/mol. The Morgan fingerprint density at radius 1 is 1.42 bits per heavy atom. The molecule has 0 unspecified atom stereocenters. The average Bonchev–Trinajstić information content (AvgIpc) is 2.12. The molecule has 0 radical (unpaired) electrons. The van der Waals surface area contributed by atoms with E-state index < -0.39 is 0 Å². The predicted octanol–water partition coefficient (Wildman–Crippen LogP) is 2.45. The fraction of sp³-hybridized carbons (Fsp3) is 0.250. The van der Waals surface area contributed by atoms with Crippen LogP contribution in [0.3, 0.4) is 0 Å². The van der Waals surface area contributed by atoms with E-state index in [1.807, 2.05) is 0 Å². The highest BCUT2D eigenvalue weighted by Crippen LogP contribution is 2.32. The number of rotatable bonds is 0. The van der Waals surface area contributed by atoms with Gasteiger partial charge in [0.15, 0.2) is 6.79 Å². The first kappa shape index (κ1) is 8.01. The molecule has 12 heavy (non-hydrogen) atoms. The Balaban J connectivity index is 2.54. The van der Waals surface area contributed by atoms with Crippen molar-refractivity contribution in [3.63, 3.8) is 0 Å². The molecule has 0 saturated carbocycles. The lowest BCUT2D eigenvalue weighted by atomic mass is 10.2. The van der Waals surface area contributed by atoms with Crippen molar-refractivity contribution in [2.45, 2.75) is 6.61 Å². The van der Waals surface area contributed by atoms with Crippen molar-refractivity contribution < 1.29 is 13.9 Å². The standard InChI is InChI=1S/C8H6BrFO2/c9-8-5-3-11-4-12-7(5)2-1-6(8)10/h1-2H,3-4H2. The summed E-state index contributed by atoms with van der Waals surface area (Å²) in [6.07, 6.45) is 0. The molecule has 1 aromatic rings. The number of ether oxygens (including phenoxy) is 2. The van der Waals surface area contributed by atoms with E-state index in [-0.39, 0.29) is 12.6 Å². The van der Waals surface area contributed by atoms with Crippen LogP contribution >= 0.6 is 15.9 Å². The van der Waals surface area contributed by atoms with Crippen molar-refractivity contribution in [1.82, 2.24) is 0 Å². The minimum atomic E-state index is -0.289. The minimum Gasteiger partial charge on any atom is -0.467 e. The Bertz CT molecular complexity index is 314. The van der Waals surface area contributed by atoms with Gasteiger partial charge in [-0.25, -0.2) is 4.39 Å². The minimum absolute atomic E-state index is 0.241. The number of hydrogen-bond donors (Lipinski definition) is 0. The van der Waals surface area contributed by atoms with Gasteiger partial charge in [0.05, 0.1) is 11.1 Å². The van der Waals surface area contributed by atoms with E-state index in [0.29, 0.717) is 16.8 Å². The summed E-state index contributed by atoms with van der Waals surface area (Å²) in [4.78, 5) is 0. The largest absolute Gasteiger partial charge is 0.467 e. The van der Waals surface area contributed by atoms with Crippen LogP contribution in [0.4, 0.5) is 4.39 Å². The summed E-state index contributed by atoms with van der Waals surface area (Å²) in [5.41, 5.74) is 0.737. The molecule has 0 fully saturated rings. The van der Waals surface area contributed by atoms with Gasteiger partial charge in [-0.1, -0.05) is 0 Å². The number of benzene rings is 1. The highest BCUT2D eigenvalue weighted by atomic mass is 79.9. The molecule has 1 aliphatic rings. The van der Waals surface area contributed by atoms with E-state index in [0.717, 1.165) is 5.56 Å². The highest BCUT2D eigenvalue weighted by molar-refractivity contribution is 9.10. The van der Waals surface area contributed by atoms with Gasteiger partial charge in [-0.2, -0.15) is 0 Å². The molecule has 4 heteroatoms. The normalized spacial score (nSPS) is 15.2. The summed E-state index contributed by atoms with van der Waals surface area (Å²) in [5, 5.41) is 0. The molecule has 0 aliphatic carbocycles. The molecule has 0 N–H and O–H groups in total. The van der Waals surface area contributed by atoms with Crippen LogP contribution in [-0.4, -0.2) is 6.79 Å². The van der Waals surface area contributed by atoms with E-state index in [1.165, 1.54) is 6.07 Å². The third-order valence-electron chi connectivity index (χ3n) is 1.70. The molecule has 0 amide bonds. The van der Waals surface area contributed by atoms with Gasteiger partial charge in [0.1, 0.15) is 11.6 Å². The SMILES string of the molecule is Fc1ccc2c(c1Br)COCO2. The first-order valence-corrected chi connectivity index (χ1v) is 4.26. The maximum Gasteiger partial charge on any atom is 0.189 e. The second-order valence-corrected chi connectivity index (χ2v) is 3.24. The van der Waals surface area contributed by atoms with Gasteiger partial charge in [0, 0.05) is 5.56 Å². The van der Waals surface area contributed by atoms with Crippen molar-refractivity contribution in [2.24, 2.45) is 0 Å². The third kappa shape index (κ3) is 1.21. The zero-order chi connectivity index (χ0) is 8.55. The number of halogens is 2. The van der Waals surface area contributed by atoms with Crippen molar-refractivity contribution in [3.05, 3.63) is 28.0 Å². The number of hydrogen-bond acceptors (Lipinski definition) is 2. The molecule has 64 valence electrons. The topological polar surface area (TPSA) is 18.5 Å². The van der Waals surface area contributed by atoms with Crippen LogP contribution in [0, 0.1) is 5.82 Å². The molecule has 0 atom stereocenters. The summed E-state index contributed by atoms with van der Waals surface area (Å²) in [6, 6.07) is 2.98. The second-order valence-electron chi connectivity index (χ2n) is 2.45. The second kappa shape index (κ2) is 3.03. The summed E-state index contributed by atoms with van der Waals surface area (Å²) < 4.78 is 23.5. The summed E-state index contributed by atoms with van der Waals surface area (Å²) in [5.74, 6) is 0.400. The van der Waals surface area contributed by atoms with Crippen molar-refractivity contribution in [1.29, 1.82) is 0 Å². The lowest BCUT2D eigenvalue weighted by molar-refractivity contribution is -0.0170. The van der Waals surface area contributed by atoms with Crippen molar-refractivity contribution in [2.75, 3.05) is 6.79 Å². The van der Waals surface area contributed by atoms with Crippen LogP contribution < -0.4 is 4.74 Å². The molecule has 1 aliphatic heterocycles. The average molecular weight is 233 g/mol. The molecule has 2 nitrogen and oxygen atoms in total. The maximum absolute atomic E-state index is 12.9. The fourth-order valence-electron chi connectivity index (χ4n) is 1.09. The van der Waals surface area contributed by atoms with Crippen LogP contribution in [0.25, 0.3) is 0 Å². The fourth-order valence-corrected chi connectivity index (χ4v) is 1.54. The Hall–Kier alpha value is -0.610. The zero-order valence-electron chi connectivity index (χ0n) is 6.14. The maximum atomic E-state index is 12.9. The molecular weight excluding hydrogens is 227 g/mol. The zero-order valence-corrected chi connectivity index (χ0v) is 7.73. The van der Waals surface area contributed by atoms with E-state index in [4.69, 9.17) is 9.47 Å². The summed E-state index contributed by atoms with van der Waals surface area (Å²) in [6.45, 7) is 0.638. The Morgan fingerprint density at radius 3 is 3.08 bits per heavy atom.